The number of esters is 1. The summed E-state index contributed by atoms with van der Waals surface area (Å²) in [6.07, 6.45) is -4.74. The number of azo groups is 1. The summed E-state index contributed by atoms with van der Waals surface area (Å²) in [5, 5.41) is 7.84. The molecule has 0 bridgehead atoms. The Morgan fingerprint density at radius 1 is 0.920 bits per heavy atom. The van der Waals surface area contributed by atoms with Crippen molar-refractivity contribution >= 4 is 17.3 Å². The van der Waals surface area contributed by atoms with E-state index in [0.717, 1.165) is 12.1 Å². The van der Waals surface area contributed by atoms with Gasteiger partial charge in [-0.05, 0) is 55.5 Å². The number of rotatable bonds is 5. The van der Waals surface area contributed by atoms with Crippen LogP contribution in [0, 0.1) is 0 Å². The minimum absolute atomic E-state index is 0.279. The molecule has 0 spiro atoms. The number of hydrogen-bond acceptors (Lipinski definition) is 5. The molecule has 0 saturated heterocycles. The van der Waals surface area contributed by atoms with Crippen molar-refractivity contribution in [3.05, 3.63) is 60.7 Å². The predicted octanol–water partition coefficient (Wildman–Crippen LogP) is 5.48. The van der Waals surface area contributed by atoms with Crippen molar-refractivity contribution < 1.29 is 27.4 Å². The number of carbonyl (C=O) groups excluding carboxylic acids is 1. The molecule has 0 aliphatic carbocycles. The highest BCUT2D eigenvalue weighted by atomic mass is 19.4. The van der Waals surface area contributed by atoms with Gasteiger partial charge in [0.1, 0.15) is 11.5 Å². The Labute approximate surface area is 141 Å². The molecule has 0 aliphatic rings. The lowest BCUT2D eigenvalue weighted by Gasteiger charge is -2.08. The number of hydrogen-bond donors (Lipinski definition) is 0. The Morgan fingerprint density at radius 3 is 1.76 bits per heavy atom. The van der Waals surface area contributed by atoms with E-state index in [4.69, 9.17) is 4.74 Å². The first kappa shape index (κ1) is 18.2. The molecule has 0 heterocycles. The molecule has 130 valence electrons. The molecule has 0 saturated carbocycles. The molecule has 0 fully saturated rings. The summed E-state index contributed by atoms with van der Waals surface area (Å²) >= 11 is 0. The summed E-state index contributed by atoms with van der Waals surface area (Å²) in [6, 6.07) is 11.2. The molecule has 0 unspecified atom stereocenters. The fourth-order valence-corrected chi connectivity index (χ4v) is 1.60. The Bertz CT molecular complexity index is 782. The molecule has 0 radical (unpaired) electrons. The van der Waals surface area contributed by atoms with Gasteiger partial charge in [0.25, 0.3) is 0 Å². The third-order valence-electron chi connectivity index (χ3n) is 2.75. The maximum Gasteiger partial charge on any atom is 0.573 e. The zero-order valence-corrected chi connectivity index (χ0v) is 13.1. The van der Waals surface area contributed by atoms with Crippen molar-refractivity contribution in [1.82, 2.24) is 0 Å². The van der Waals surface area contributed by atoms with Crippen LogP contribution in [0.2, 0.25) is 0 Å². The third kappa shape index (κ3) is 6.09. The monoisotopic (exact) mass is 350 g/mol. The lowest BCUT2D eigenvalue weighted by atomic mass is 10.3. The highest BCUT2D eigenvalue weighted by Crippen LogP contribution is 2.26. The molecule has 0 atom stereocenters. The molecule has 5 nitrogen and oxygen atoms in total. The molecule has 0 N–H and O–H groups in total. The van der Waals surface area contributed by atoms with Crippen LogP contribution in [0.4, 0.5) is 24.5 Å². The van der Waals surface area contributed by atoms with Crippen LogP contribution < -0.4 is 9.47 Å². The van der Waals surface area contributed by atoms with E-state index in [9.17, 15) is 18.0 Å². The second-order valence-electron chi connectivity index (χ2n) is 4.91. The average molecular weight is 350 g/mol. The van der Waals surface area contributed by atoms with Crippen LogP contribution in [0.5, 0.6) is 11.5 Å². The summed E-state index contributed by atoms with van der Waals surface area (Å²) in [6.45, 7) is 5.02. The zero-order chi connectivity index (χ0) is 18.4. The Balaban J connectivity index is 1.99. The molecule has 2 aromatic carbocycles. The zero-order valence-electron chi connectivity index (χ0n) is 13.1. The van der Waals surface area contributed by atoms with E-state index in [1.165, 1.54) is 31.2 Å². The number of nitrogens with zero attached hydrogens (tertiary/aromatic N) is 2. The van der Waals surface area contributed by atoms with Crippen LogP contribution >= 0.6 is 0 Å². The molecule has 25 heavy (non-hydrogen) atoms. The third-order valence-corrected chi connectivity index (χ3v) is 2.75. The predicted molar refractivity (Wildman–Crippen MR) is 84.2 cm³/mol. The molecule has 2 rings (SSSR count). The first-order valence-electron chi connectivity index (χ1n) is 6.98. The van der Waals surface area contributed by atoms with Crippen LogP contribution in [0.3, 0.4) is 0 Å². The number of ether oxygens (including phenoxy) is 2. The highest BCUT2D eigenvalue weighted by molar-refractivity contribution is 5.88. The standard InChI is InChI=1S/C17H13F3N2O3/c1-11(2)16(23)24-14-7-3-12(4-8-14)21-22-13-5-9-15(10-6-13)25-17(18,19)20/h3-10H,1H2,2H3/b22-21+. The van der Waals surface area contributed by atoms with Crippen molar-refractivity contribution in [3.8, 4) is 11.5 Å². The first-order valence-corrected chi connectivity index (χ1v) is 6.98. The lowest BCUT2D eigenvalue weighted by molar-refractivity contribution is -0.274. The number of halogens is 3. The molecular weight excluding hydrogens is 337 g/mol. The van der Waals surface area contributed by atoms with Crippen molar-refractivity contribution in [2.45, 2.75) is 13.3 Å². The normalized spacial score (nSPS) is 11.4. The smallest absolute Gasteiger partial charge is 0.423 e. The quantitative estimate of drug-likeness (QED) is 0.310. The number of carbonyl (C=O) groups is 1. The summed E-state index contributed by atoms with van der Waals surface area (Å²) in [5.74, 6) is -0.536. The number of benzene rings is 2. The van der Waals surface area contributed by atoms with E-state index < -0.39 is 12.3 Å². The van der Waals surface area contributed by atoms with E-state index in [2.05, 4.69) is 21.5 Å². The van der Waals surface area contributed by atoms with Gasteiger partial charge in [0.15, 0.2) is 0 Å². The van der Waals surface area contributed by atoms with Crippen LogP contribution in [-0.4, -0.2) is 12.3 Å². The fraction of sp³-hybridized carbons (Fsp3) is 0.118. The SMILES string of the molecule is C=C(C)C(=O)Oc1ccc(/N=N/c2ccc(OC(F)(F)F)cc2)cc1. The fourth-order valence-electron chi connectivity index (χ4n) is 1.60. The average Bonchev–Trinajstić information content (AvgIpc) is 2.54. The summed E-state index contributed by atoms with van der Waals surface area (Å²) in [5.41, 5.74) is 1.11. The topological polar surface area (TPSA) is 60.2 Å². The van der Waals surface area contributed by atoms with Crippen LogP contribution in [-0.2, 0) is 4.79 Å². The molecule has 0 aromatic heterocycles. The molecular formula is C17H13F3N2O3. The van der Waals surface area contributed by atoms with Gasteiger partial charge in [-0.2, -0.15) is 10.2 Å². The van der Waals surface area contributed by atoms with Crippen LogP contribution in [0.15, 0.2) is 70.9 Å². The molecule has 0 amide bonds. The summed E-state index contributed by atoms with van der Waals surface area (Å²) in [4.78, 5) is 11.4. The van der Waals surface area contributed by atoms with Crippen molar-refractivity contribution in [3.63, 3.8) is 0 Å². The van der Waals surface area contributed by atoms with Gasteiger partial charge in [-0.1, -0.05) is 6.58 Å². The van der Waals surface area contributed by atoms with Gasteiger partial charge in [0.05, 0.1) is 11.4 Å². The largest absolute Gasteiger partial charge is 0.573 e. The summed E-state index contributed by atoms with van der Waals surface area (Å²) < 4.78 is 45.0. The minimum atomic E-state index is -4.74. The van der Waals surface area contributed by atoms with E-state index in [-0.39, 0.29) is 11.3 Å². The van der Waals surface area contributed by atoms with Crippen LogP contribution in [0.1, 0.15) is 6.92 Å². The van der Waals surface area contributed by atoms with Crippen molar-refractivity contribution in [2.75, 3.05) is 0 Å². The van der Waals surface area contributed by atoms with Gasteiger partial charge in [-0.25, -0.2) is 4.79 Å². The van der Waals surface area contributed by atoms with Crippen LogP contribution in [0.25, 0.3) is 0 Å². The van der Waals surface area contributed by atoms with Gasteiger partial charge in [-0.3, -0.25) is 0 Å². The van der Waals surface area contributed by atoms with E-state index in [0.29, 0.717) is 17.1 Å². The molecule has 8 heteroatoms. The van der Waals surface area contributed by atoms with Gasteiger partial charge < -0.3 is 9.47 Å². The van der Waals surface area contributed by atoms with Gasteiger partial charge in [-0.15, -0.1) is 13.2 Å². The van der Waals surface area contributed by atoms with Gasteiger partial charge >= 0.3 is 12.3 Å². The van der Waals surface area contributed by atoms with Crippen molar-refractivity contribution in [2.24, 2.45) is 10.2 Å². The highest BCUT2D eigenvalue weighted by Gasteiger charge is 2.30. The Morgan fingerprint density at radius 2 is 1.36 bits per heavy atom. The van der Waals surface area contributed by atoms with Gasteiger partial charge in [0.2, 0.25) is 0 Å². The first-order chi connectivity index (χ1) is 11.7. The molecule has 2 aromatic rings. The molecule has 0 aliphatic heterocycles. The maximum absolute atomic E-state index is 12.1. The summed E-state index contributed by atoms with van der Waals surface area (Å²) in [7, 11) is 0. The van der Waals surface area contributed by atoms with E-state index in [1.807, 2.05) is 0 Å². The second-order valence-corrected chi connectivity index (χ2v) is 4.91. The minimum Gasteiger partial charge on any atom is -0.423 e. The Hall–Kier alpha value is -3.16. The van der Waals surface area contributed by atoms with Gasteiger partial charge in [0, 0.05) is 5.57 Å². The van der Waals surface area contributed by atoms with E-state index >= 15 is 0 Å². The van der Waals surface area contributed by atoms with Crippen molar-refractivity contribution in [1.29, 1.82) is 0 Å². The second kappa shape index (κ2) is 7.61. The maximum atomic E-state index is 12.1. The van der Waals surface area contributed by atoms with E-state index in [1.54, 1.807) is 12.1 Å². The Kier molecular flexibility index (Phi) is 5.53. The number of alkyl halides is 3. The lowest BCUT2D eigenvalue weighted by Crippen LogP contribution is -2.16.